The molecule has 2 aromatic carbocycles. The van der Waals surface area contributed by atoms with Crippen molar-refractivity contribution in [2.45, 2.75) is 6.42 Å². The third-order valence-electron chi connectivity index (χ3n) is 5.21. The van der Waals surface area contributed by atoms with Crippen molar-refractivity contribution >= 4 is 31.8 Å². The summed E-state index contributed by atoms with van der Waals surface area (Å²) in [4.78, 5) is 19.0. The Hall–Kier alpha value is -1.75. The first-order chi connectivity index (χ1) is 14.2. The van der Waals surface area contributed by atoms with Crippen molar-refractivity contribution in [1.29, 1.82) is 0 Å². The van der Waals surface area contributed by atoms with Crippen molar-refractivity contribution in [1.82, 2.24) is 9.80 Å². The van der Waals surface area contributed by atoms with Crippen LogP contribution in [0.1, 0.15) is 5.56 Å². The SMILES string of the molecule is CN(C(=O)CN1CCN(CCc2ccccc2)CC1)c1cc[c]([Ge][O]OO)cc1. The molecule has 0 spiro atoms. The number of anilines is 1. The van der Waals surface area contributed by atoms with E-state index in [1.165, 1.54) is 5.56 Å². The fourth-order valence-corrected chi connectivity index (χ4v) is 4.28. The molecule has 0 aromatic heterocycles. The third kappa shape index (κ3) is 6.92. The number of likely N-dealkylation sites (N-methyl/N-ethyl adjacent to an activating group) is 1. The van der Waals surface area contributed by atoms with Gasteiger partial charge in [0.15, 0.2) is 0 Å². The Morgan fingerprint density at radius 1 is 1.03 bits per heavy atom. The van der Waals surface area contributed by atoms with Crippen molar-refractivity contribution in [3.63, 3.8) is 0 Å². The molecule has 1 heterocycles. The molecule has 1 fully saturated rings. The number of carbonyl (C=O) groups is 1. The first-order valence-corrected chi connectivity index (χ1v) is 11.6. The van der Waals surface area contributed by atoms with Gasteiger partial charge in [-0.05, 0) is 12.0 Å². The summed E-state index contributed by atoms with van der Waals surface area (Å²) in [6.45, 7) is 5.31. The summed E-state index contributed by atoms with van der Waals surface area (Å²) in [5.41, 5.74) is 2.22. The van der Waals surface area contributed by atoms with Crippen LogP contribution in [0, 0.1) is 0 Å². The van der Waals surface area contributed by atoms with Gasteiger partial charge >= 0.3 is 136 Å². The maximum absolute atomic E-state index is 12.7. The summed E-state index contributed by atoms with van der Waals surface area (Å²) in [7, 11) is 1.80. The average Bonchev–Trinajstić information content (AvgIpc) is 2.77. The predicted molar refractivity (Wildman–Crippen MR) is 113 cm³/mol. The second kappa shape index (κ2) is 11.4. The summed E-state index contributed by atoms with van der Waals surface area (Å²) in [5, 5.41) is 11.9. The van der Waals surface area contributed by atoms with Crippen LogP contribution in [0.2, 0.25) is 0 Å². The summed E-state index contributed by atoms with van der Waals surface area (Å²) in [6.07, 6.45) is 1.07. The van der Waals surface area contributed by atoms with Gasteiger partial charge in [0.2, 0.25) is 0 Å². The van der Waals surface area contributed by atoms with Crippen LogP contribution < -0.4 is 9.30 Å². The molecule has 3 rings (SSSR count). The summed E-state index contributed by atoms with van der Waals surface area (Å²) in [5.74, 6) is 0.0847. The molecule has 0 saturated carbocycles. The minimum absolute atomic E-state index is 0.0847. The van der Waals surface area contributed by atoms with Gasteiger partial charge in [0.05, 0.1) is 0 Å². The molecule has 2 aromatic rings. The zero-order chi connectivity index (χ0) is 20.5. The zero-order valence-corrected chi connectivity index (χ0v) is 18.8. The predicted octanol–water partition coefficient (Wildman–Crippen LogP) is 1.18. The zero-order valence-electron chi connectivity index (χ0n) is 16.7. The van der Waals surface area contributed by atoms with Crippen LogP contribution in [-0.2, 0) is 20.2 Å². The molecule has 7 nitrogen and oxygen atoms in total. The number of benzene rings is 2. The number of hydrogen-bond acceptors (Lipinski definition) is 6. The number of amides is 1. The molecule has 29 heavy (non-hydrogen) atoms. The van der Waals surface area contributed by atoms with Gasteiger partial charge in [-0.2, -0.15) is 0 Å². The van der Waals surface area contributed by atoms with Gasteiger partial charge in [-0.25, -0.2) is 0 Å². The Balaban J connectivity index is 1.40. The Kier molecular flexibility index (Phi) is 8.66. The number of nitrogens with zero attached hydrogens (tertiary/aromatic N) is 3. The van der Waals surface area contributed by atoms with Crippen molar-refractivity contribution in [3.05, 3.63) is 60.2 Å². The Morgan fingerprint density at radius 2 is 1.69 bits per heavy atom. The summed E-state index contributed by atoms with van der Waals surface area (Å²) in [6, 6.07) is 18.1. The Morgan fingerprint density at radius 3 is 2.34 bits per heavy atom. The van der Waals surface area contributed by atoms with Gasteiger partial charge in [-0.3, -0.25) is 0 Å². The fourth-order valence-electron chi connectivity index (χ4n) is 3.36. The molecule has 1 aliphatic rings. The van der Waals surface area contributed by atoms with E-state index in [1.54, 1.807) is 11.9 Å². The molecule has 0 aliphatic carbocycles. The molecule has 2 radical (unpaired) electrons. The van der Waals surface area contributed by atoms with Gasteiger partial charge in [-0.15, -0.1) is 0 Å². The molecule has 0 unspecified atom stereocenters. The van der Waals surface area contributed by atoms with Crippen LogP contribution in [0.25, 0.3) is 0 Å². The van der Waals surface area contributed by atoms with Gasteiger partial charge in [0, 0.05) is 0 Å². The van der Waals surface area contributed by atoms with E-state index in [0.717, 1.165) is 49.2 Å². The van der Waals surface area contributed by atoms with E-state index in [-0.39, 0.29) is 5.91 Å². The third-order valence-corrected chi connectivity index (χ3v) is 6.73. The summed E-state index contributed by atoms with van der Waals surface area (Å²) < 4.78 is 5.58. The van der Waals surface area contributed by atoms with E-state index in [9.17, 15) is 4.79 Å². The van der Waals surface area contributed by atoms with Gasteiger partial charge in [0.1, 0.15) is 0 Å². The van der Waals surface area contributed by atoms with Crippen molar-refractivity contribution in [2.75, 3.05) is 51.2 Å². The number of hydrogen-bond donors (Lipinski definition) is 1. The van der Waals surface area contributed by atoms with E-state index in [0.29, 0.717) is 6.54 Å². The Bertz CT molecular complexity index is 752. The van der Waals surface area contributed by atoms with Crippen LogP contribution >= 0.6 is 0 Å². The van der Waals surface area contributed by atoms with Gasteiger partial charge in [0.25, 0.3) is 0 Å². The minimum atomic E-state index is -0.983. The van der Waals surface area contributed by atoms with Crippen molar-refractivity contribution < 1.29 is 19.0 Å². The normalized spacial score (nSPS) is 15.4. The van der Waals surface area contributed by atoms with Crippen LogP contribution in [0.4, 0.5) is 5.69 Å². The van der Waals surface area contributed by atoms with Crippen molar-refractivity contribution in [2.24, 2.45) is 0 Å². The first-order valence-electron chi connectivity index (χ1n) is 9.74. The van der Waals surface area contributed by atoms with Crippen LogP contribution in [0.15, 0.2) is 54.6 Å². The van der Waals surface area contributed by atoms with E-state index in [1.807, 2.05) is 30.3 Å². The number of carbonyl (C=O) groups excluding carboxylic acids is 1. The van der Waals surface area contributed by atoms with E-state index < -0.39 is 15.8 Å². The average molecular weight is 458 g/mol. The Labute approximate surface area is 178 Å². The molecular formula is C21H27GeN3O4. The summed E-state index contributed by atoms with van der Waals surface area (Å²) >= 11 is -0.983. The molecule has 0 atom stereocenters. The molecule has 1 saturated heterocycles. The van der Waals surface area contributed by atoms with Crippen molar-refractivity contribution in [3.8, 4) is 0 Å². The van der Waals surface area contributed by atoms with E-state index >= 15 is 0 Å². The quantitative estimate of drug-likeness (QED) is 0.346. The fraction of sp³-hybridized carbons (Fsp3) is 0.381. The van der Waals surface area contributed by atoms with Crippen LogP contribution in [0.3, 0.4) is 0 Å². The topological polar surface area (TPSA) is 65.5 Å². The monoisotopic (exact) mass is 459 g/mol. The maximum atomic E-state index is 12.7. The number of rotatable bonds is 9. The second-order valence-corrected chi connectivity index (χ2v) is 9.10. The van der Waals surface area contributed by atoms with Gasteiger partial charge in [-0.1, -0.05) is 30.3 Å². The van der Waals surface area contributed by atoms with Crippen LogP contribution in [-0.4, -0.2) is 83.0 Å². The molecule has 154 valence electrons. The standard InChI is InChI=1S/C21H27GeN3O4/c1-23(20-9-7-19(8-10-20)22-28-29-27)21(26)17-25-15-13-24(14-16-25)12-11-18-5-3-2-4-6-18/h2-10,27H,11-17H2,1H3. The van der Waals surface area contributed by atoms with E-state index in [2.05, 4.69) is 43.0 Å². The van der Waals surface area contributed by atoms with Gasteiger partial charge < -0.3 is 0 Å². The molecular weight excluding hydrogens is 431 g/mol. The molecule has 8 heteroatoms. The molecule has 0 bridgehead atoms. The molecule has 1 aliphatic heterocycles. The van der Waals surface area contributed by atoms with Crippen LogP contribution in [0.5, 0.6) is 0 Å². The second-order valence-electron chi connectivity index (χ2n) is 7.11. The van der Waals surface area contributed by atoms with E-state index in [4.69, 9.17) is 5.26 Å². The molecule has 1 amide bonds. The first kappa shape index (κ1) is 21.9. The molecule has 1 N–H and O–H groups in total. The number of piperazine rings is 1.